The molecule has 0 amide bonds. The average molecular weight is 249 g/mol. The molecule has 0 unspecified atom stereocenters. The molecule has 0 spiro atoms. The molecule has 0 aliphatic rings. The van der Waals surface area contributed by atoms with Gasteiger partial charge in [-0.1, -0.05) is 23.2 Å². The van der Waals surface area contributed by atoms with E-state index in [9.17, 15) is 14.7 Å². The van der Waals surface area contributed by atoms with Gasteiger partial charge in [0.2, 0.25) is 5.78 Å². The number of aliphatic carboxylic acids is 1. The third-order valence-electron chi connectivity index (χ3n) is 1.68. The standard InChI is InChI=1S/C9H6Cl2O4/c10-5-1-4(2-6(11)8(5)13)3-7(12)9(14)15/h1-2,13H,3H2,(H,14,15). The van der Waals surface area contributed by atoms with Crippen LogP contribution in [-0.2, 0) is 16.0 Å². The minimum absolute atomic E-state index is 0.0179. The van der Waals surface area contributed by atoms with Crippen molar-refractivity contribution in [3.8, 4) is 5.75 Å². The predicted molar refractivity (Wildman–Crippen MR) is 54.5 cm³/mol. The highest BCUT2D eigenvalue weighted by atomic mass is 35.5. The topological polar surface area (TPSA) is 74.6 Å². The molecule has 0 atom stereocenters. The number of halogens is 2. The summed E-state index contributed by atoms with van der Waals surface area (Å²) in [5.41, 5.74) is 0.343. The number of carboxylic acid groups (broad SMARTS) is 1. The maximum atomic E-state index is 10.9. The zero-order valence-electron chi connectivity index (χ0n) is 7.33. The summed E-state index contributed by atoms with van der Waals surface area (Å²) in [5.74, 6) is -2.77. The number of carboxylic acids is 1. The molecule has 80 valence electrons. The Balaban J connectivity index is 2.98. The Kier molecular flexibility index (Phi) is 3.55. The van der Waals surface area contributed by atoms with E-state index in [1.165, 1.54) is 12.1 Å². The molecular formula is C9H6Cl2O4. The molecule has 0 saturated carbocycles. The number of phenols is 1. The van der Waals surface area contributed by atoms with Gasteiger partial charge in [-0.15, -0.1) is 0 Å². The normalized spacial score (nSPS) is 10.0. The maximum Gasteiger partial charge on any atom is 0.372 e. The number of phenolic OH excluding ortho intramolecular Hbond substituents is 1. The number of ketones is 1. The van der Waals surface area contributed by atoms with E-state index >= 15 is 0 Å². The molecule has 1 rings (SSSR count). The van der Waals surface area contributed by atoms with Crippen molar-refractivity contribution in [1.82, 2.24) is 0 Å². The summed E-state index contributed by atoms with van der Waals surface area (Å²) in [6, 6.07) is 2.59. The maximum absolute atomic E-state index is 10.9. The van der Waals surface area contributed by atoms with Crippen LogP contribution in [0.5, 0.6) is 5.75 Å². The fraction of sp³-hybridized carbons (Fsp3) is 0.111. The second-order valence-electron chi connectivity index (χ2n) is 2.81. The SMILES string of the molecule is O=C(O)C(=O)Cc1cc(Cl)c(O)c(Cl)c1. The highest BCUT2D eigenvalue weighted by Gasteiger charge is 2.14. The summed E-state index contributed by atoms with van der Waals surface area (Å²) in [6.45, 7) is 0. The molecule has 1 aromatic rings. The molecule has 0 aliphatic heterocycles. The Morgan fingerprint density at radius 2 is 1.67 bits per heavy atom. The zero-order chi connectivity index (χ0) is 11.6. The van der Waals surface area contributed by atoms with Gasteiger partial charge in [0.25, 0.3) is 0 Å². The molecule has 4 nitrogen and oxygen atoms in total. The Morgan fingerprint density at radius 1 is 1.20 bits per heavy atom. The van der Waals surface area contributed by atoms with Gasteiger partial charge in [-0.05, 0) is 17.7 Å². The highest BCUT2D eigenvalue weighted by Crippen LogP contribution is 2.32. The van der Waals surface area contributed by atoms with Crippen LogP contribution < -0.4 is 0 Å². The molecule has 0 aromatic heterocycles. The van der Waals surface area contributed by atoms with E-state index in [0.717, 1.165) is 0 Å². The van der Waals surface area contributed by atoms with E-state index in [1.54, 1.807) is 0 Å². The first-order valence-corrected chi connectivity index (χ1v) is 4.60. The molecule has 15 heavy (non-hydrogen) atoms. The van der Waals surface area contributed by atoms with Crippen LogP contribution in [0.4, 0.5) is 0 Å². The first-order valence-electron chi connectivity index (χ1n) is 3.85. The molecule has 0 radical (unpaired) electrons. The van der Waals surface area contributed by atoms with Gasteiger partial charge in [0.05, 0.1) is 10.0 Å². The lowest BCUT2D eigenvalue weighted by Crippen LogP contribution is -2.14. The highest BCUT2D eigenvalue weighted by molar-refractivity contribution is 6.37. The van der Waals surface area contributed by atoms with Crippen molar-refractivity contribution in [3.63, 3.8) is 0 Å². The fourth-order valence-corrected chi connectivity index (χ4v) is 1.51. The van der Waals surface area contributed by atoms with E-state index in [-0.39, 0.29) is 22.2 Å². The molecule has 0 fully saturated rings. The Bertz CT molecular complexity index is 405. The summed E-state index contributed by atoms with van der Waals surface area (Å²) in [4.78, 5) is 21.1. The summed E-state index contributed by atoms with van der Waals surface area (Å²) in [6.07, 6.45) is -0.310. The van der Waals surface area contributed by atoms with Crippen LogP contribution in [0.1, 0.15) is 5.56 Å². The van der Waals surface area contributed by atoms with Crippen molar-refractivity contribution < 1.29 is 19.8 Å². The van der Waals surface area contributed by atoms with Gasteiger partial charge in [-0.3, -0.25) is 4.79 Å². The van der Waals surface area contributed by atoms with Gasteiger partial charge in [0, 0.05) is 6.42 Å². The first-order chi connectivity index (χ1) is 6.91. The minimum atomic E-state index is -1.52. The van der Waals surface area contributed by atoms with Crippen LogP contribution in [0.3, 0.4) is 0 Å². The Hall–Kier alpha value is -1.26. The van der Waals surface area contributed by atoms with Gasteiger partial charge < -0.3 is 10.2 Å². The largest absolute Gasteiger partial charge is 0.505 e. The third-order valence-corrected chi connectivity index (χ3v) is 2.26. The number of benzene rings is 1. The number of Topliss-reactive ketones (excluding diaryl/α,β-unsaturated/α-hetero) is 1. The summed E-state index contributed by atoms with van der Waals surface area (Å²) >= 11 is 11.2. The van der Waals surface area contributed by atoms with E-state index in [2.05, 4.69) is 0 Å². The summed E-state index contributed by atoms with van der Waals surface area (Å²) in [5, 5.41) is 17.5. The molecule has 2 N–H and O–H groups in total. The fourth-order valence-electron chi connectivity index (χ4n) is 0.981. The van der Waals surface area contributed by atoms with Gasteiger partial charge >= 0.3 is 5.97 Å². The van der Waals surface area contributed by atoms with Crippen LogP contribution in [0.2, 0.25) is 10.0 Å². The number of hydrogen-bond donors (Lipinski definition) is 2. The third kappa shape index (κ3) is 2.84. The summed E-state index contributed by atoms with van der Waals surface area (Å²) < 4.78 is 0. The van der Waals surface area contributed by atoms with E-state index in [1.807, 2.05) is 0 Å². The molecule has 0 heterocycles. The van der Waals surface area contributed by atoms with Crippen LogP contribution in [0.15, 0.2) is 12.1 Å². The van der Waals surface area contributed by atoms with Crippen LogP contribution >= 0.6 is 23.2 Å². The number of aromatic hydroxyl groups is 1. The number of rotatable bonds is 3. The van der Waals surface area contributed by atoms with Crippen molar-refractivity contribution in [2.45, 2.75) is 6.42 Å². The number of hydrogen-bond acceptors (Lipinski definition) is 3. The molecular weight excluding hydrogens is 243 g/mol. The van der Waals surface area contributed by atoms with Crippen molar-refractivity contribution in [1.29, 1.82) is 0 Å². The van der Waals surface area contributed by atoms with E-state index in [4.69, 9.17) is 28.3 Å². The van der Waals surface area contributed by atoms with Crippen LogP contribution in [-0.4, -0.2) is 22.0 Å². The Labute approximate surface area is 95.0 Å². The monoisotopic (exact) mass is 248 g/mol. The zero-order valence-corrected chi connectivity index (χ0v) is 8.84. The van der Waals surface area contributed by atoms with Crippen molar-refractivity contribution in [2.24, 2.45) is 0 Å². The van der Waals surface area contributed by atoms with E-state index < -0.39 is 11.8 Å². The first kappa shape index (κ1) is 11.8. The molecule has 0 saturated heterocycles. The minimum Gasteiger partial charge on any atom is -0.505 e. The molecule has 6 heteroatoms. The lowest BCUT2D eigenvalue weighted by molar-refractivity contribution is -0.148. The van der Waals surface area contributed by atoms with Gasteiger partial charge in [0.15, 0.2) is 5.75 Å². The predicted octanol–water partition coefficient (Wildman–Crippen LogP) is 1.90. The lowest BCUT2D eigenvalue weighted by atomic mass is 10.1. The average Bonchev–Trinajstić information content (AvgIpc) is 2.13. The molecule has 0 aliphatic carbocycles. The Morgan fingerprint density at radius 3 is 2.07 bits per heavy atom. The second-order valence-corrected chi connectivity index (χ2v) is 3.63. The summed E-state index contributed by atoms with van der Waals surface area (Å²) in [7, 11) is 0. The second kappa shape index (κ2) is 4.51. The molecule has 1 aromatic carbocycles. The van der Waals surface area contributed by atoms with Crippen molar-refractivity contribution in [2.75, 3.05) is 0 Å². The smallest absolute Gasteiger partial charge is 0.372 e. The van der Waals surface area contributed by atoms with E-state index in [0.29, 0.717) is 5.56 Å². The van der Waals surface area contributed by atoms with Gasteiger partial charge in [-0.25, -0.2) is 4.79 Å². The molecule has 0 bridgehead atoms. The number of carbonyl (C=O) groups is 2. The lowest BCUT2D eigenvalue weighted by Gasteiger charge is -2.03. The van der Waals surface area contributed by atoms with Crippen molar-refractivity contribution in [3.05, 3.63) is 27.7 Å². The van der Waals surface area contributed by atoms with Gasteiger partial charge in [0.1, 0.15) is 0 Å². The number of carbonyl (C=O) groups excluding carboxylic acids is 1. The van der Waals surface area contributed by atoms with Gasteiger partial charge in [-0.2, -0.15) is 0 Å². The van der Waals surface area contributed by atoms with Crippen LogP contribution in [0.25, 0.3) is 0 Å². The van der Waals surface area contributed by atoms with Crippen molar-refractivity contribution >= 4 is 35.0 Å². The quantitative estimate of drug-likeness (QED) is 0.802. The van der Waals surface area contributed by atoms with Crippen LogP contribution in [0, 0.1) is 0 Å².